The summed E-state index contributed by atoms with van der Waals surface area (Å²) in [5.41, 5.74) is 6.32. The third-order valence-electron chi connectivity index (χ3n) is 4.34. The summed E-state index contributed by atoms with van der Waals surface area (Å²) in [6, 6.07) is 5.19. The molecule has 4 nitrogen and oxygen atoms in total. The first-order valence-corrected chi connectivity index (χ1v) is 8.86. The lowest BCUT2D eigenvalue weighted by Gasteiger charge is -2.43. The molecule has 2 N–H and O–H groups in total. The molecule has 2 aliphatic rings. The molecule has 1 aromatic carbocycles. The molecule has 2 saturated heterocycles. The van der Waals surface area contributed by atoms with Crippen molar-refractivity contribution in [3.63, 3.8) is 0 Å². The monoisotopic (exact) mass is 329 g/mol. The molecule has 1 spiro atoms. The van der Waals surface area contributed by atoms with Gasteiger partial charge >= 0.3 is 0 Å². The number of benzene rings is 1. The summed E-state index contributed by atoms with van der Waals surface area (Å²) in [5, 5.41) is 0.654. The van der Waals surface area contributed by atoms with Gasteiger partial charge in [0.2, 0.25) is 0 Å². The summed E-state index contributed by atoms with van der Waals surface area (Å²) in [7, 11) is -1.12. The molecule has 2 heterocycles. The Labute approximate surface area is 132 Å². The molecular weight excluding hydrogens is 310 g/mol. The van der Waals surface area contributed by atoms with Gasteiger partial charge in [-0.25, -0.2) is 0 Å². The number of hydrogen-bond acceptors (Lipinski definition) is 4. The number of rotatable bonds is 2. The maximum atomic E-state index is 12.9. The predicted molar refractivity (Wildman–Crippen MR) is 84.0 cm³/mol. The van der Waals surface area contributed by atoms with Crippen molar-refractivity contribution >= 4 is 28.1 Å². The van der Waals surface area contributed by atoms with Gasteiger partial charge in [-0.3, -0.25) is 4.21 Å². The van der Waals surface area contributed by atoms with Crippen LogP contribution in [0.4, 0.5) is 5.69 Å². The van der Waals surface area contributed by atoms with E-state index in [1.54, 1.807) is 18.2 Å². The van der Waals surface area contributed by atoms with Crippen molar-refractivity contribution in [2.24, 2.45) is 0 Å². The molecule has 116 valence electrons. The summed E-state index contributed by atoms with van der Waals surface area (Å²) < 4.78 is 24.3. The van der Waals surface area contributed by atoms with Crippen LogP contribution in [0.3, 0.4) is 0 Å². The van der Waals surface area contributed by atoms with Crippen molar-refractivity contribution in [3.8, 4) is 0 Å². The van der Waals surface area contributed by atoms with Crippen LogP contribution in [0.1, 0.15) is 25.7 Å². The summed E-state index contributed by atoms with van der Waals surface area (Å²) in [6.45, 7) is 2.11. The molecule has 0 bridgehead atoms. The lowest BCUT2D eigenvalue weighted by molar-refractivity contribution is -0.131. The smallest absolute Gasteiger partial charge is 0.0738 e. The summed E-state index contributed by atoms with van der Waals surface area (Å²) in [5.74, 6) is 0. The highest BCUT2D eigenvalue weighted by Gasteiger charge is 2.41. The maximum Gasteiger partial charge on any atom is 0.0738 e. The number of ether oxygens (including phenoxy) is 2. The number of nitrogen functional groups attached to an aromatic ring is 1. The zero-order valence-corrected chi connectivity index (χ0v) is 13.4. The molecule has 0 radical (unpaired) electrons. The second-order valence-electron chi connectivity index (χ2n) is 5.74. The largest absolute Gasteiger partial charge is 0.398 e. The van der Waals surface area contributed by atoms with Gasteiger partial charge < -0.3 is 15.2 Å². The van der Waals surface area contributed by atoms with Crippen molar-refractivity contribution in [3.05, 3.63) is 23.2 Å². The van der Waals surface area contributed by atoms with Gasteiger partial charge in [0.25, 0.3) is 0 Å². The van der Waals surface area contributed by atoms with E-state index in [0.717, 1.165) is 38.9 Å². The fourth-order valence-electron chi connectivity index (χ4n) is 3.14. The molecule has 2 aliphatic heterocycles. The molecule has 0 saturated carbocycles. The van der Waals surface area contributed by atoms with E-state index in [4.69, 9.17) is 26.8 Å². The van der Waals surface area contributed by atoms with Gasteiger partial charge in [0.05, 0.1) is 21.3 Å². The number of hydrogen-bond donors (Lipinski definition) is 1. The van der Waals surface area contributed by atoms with E-state index in [-0.39, 0.29) is 10.9 Å². The first kappa shape index (κ1) is 15.3. The Morgan fingerprint density at radius 3 is 2.76 bits per heavy atom. The minimum absolute atomic E-state index is 0.0836. The van der Waals surface area contributed by atoms with Crippen LogP contribution in [0, 0.1) is 0 Å². The van der Waals surface area contributed by atoms with Gasteiger partial charge in [-0.2, -0.15) is 0 Å². The molecule has 0 aromatic heterocycles. The quantitative estimate of drug-likeness (QED) is 0.847. The van der Waals surface area contributed by atoms with Gasteiger partial charge in [-0.1, -0.05) is 11.6 Å². The van der Waals surface area contributed by atoms with Crippen LogP contribution < -0.4 is 5.73 Å². The SMILES string of the molecule is Nc1cc(Cl)ccc1S(=O)C1CCOC2(CCOCC2)C1. The summed E-state index contributed by atoms with van der Waals surface area (Å²) in [6.07, 6.45) is 3.38. The standard InChI is InChI=1S/C15H20ClNO3S/c16-11-1-2-14(13(17)9-11)21(18)12-3-6-20-15(10-12)4-7-19-8-5-15/h1-2,9,12H,3-8,10,17H2. The highest BCUT2D eigenvalue weighted by molar-refractivity contribution is 7.85. The van der Waals surface area contributed by atoms with Crippen LogP contribution in [0.5, 0.6) is 0 Å². The Morgan fingerprint density at radius 1 is 1.29 bits per heavy atom. The van der Waals surface area contributed by atoms with E-state index in [1.165, 1.54) is 0 Å². The molecule has 6 heteroatoms. The molecule has 3 rings (SSSR count). The zero-order valence-electron chi connectivity index (χ0n) is 11.8. The molecule has 2 unspecified atom stereocenters. The van der Waals surface area contributed by atoms with Crippen LogP contribution >= 0.6 is 11.6 Å². The molecule has 0 aliphatic carbocycles. The normalized spacial score (nSPS) is 26.6. The van der Waals surface area contributed by atoms with Gasteiger partial charge in [-0.05, 0) is 43.9 Å². The Hall–Kier alpha value is -0.620. The summed E-state index contributed by atoms with van der Waals surface area (Å²) in [4.78, 5) is 0.688. The van der Waals surface area contributed by atoms with Crippen LogP contribution in [-0.4, -0.2) is 34.9 Å². The first-order valence-electron chi connectivity index (χ1n) is 7.27. The van der Waals surface area contributed by atoms with Crippen LogP contribution in [0.2, 0.25) is 5.02 Å². The molecule has 2 fully saturated rings. The average Bonchev–Trinajstić information content (AvgIpc) is 2.47. The topological polar surface area (TPSA) is 61.6 Å². The highest BCUT2D eigenvalue weighted by atomic mass is 35.5. The Kier molecular flexibility index (Phi) is 4.54. The van der Waals surface area contributed by atoms with Crippen molar-refractivity contribution in [2.45, 2.75) is 41.4 Å². The molecule has 2 atom stereocenters. The second kappa shape index (κ2) is 6.24. The predicted octanol–water partition coefficient (Wildman–Crippen LogP) is 2.76. The van der Waals surface area contributed by atoms with Crippen LogP contribution in [-0.2, 0) is 20.3 Å². The van der Waals surface area contributed by atoms with E-state index in [0.29, 0.717) is 22.2 Å². The zero-order chi connectivity index (χ0) is 14.9. The van der Waals surface area contributed by atoms with E-state index >= 15 is 0 Å². The van der Waals surface area contributed by atoms with Gasteiger partial charge in [0.15, 0.2) is 0 Å². The molecule has 1 aromatic rings. The second-order valence-corrected chi connectivity index (χ2v) is 7.88. The van der Waals surface area contributed by atoms with Crippen molar-refractivity contribution in [1.82, 2.24) is 0 Å². The van der Waals surface area contributed by atoms with Crippen molar-refractivity contribution in [1.29, 1.82) is 0 Å². The molecule has 0 amide bonds. The summed E-state index contributed by atoms with van der Waals surface area (Å²) >= 11 is 5.91. The molecule has 21 heavy (non-hydrogen) atoms. The fourth-order valence-corrected chi connectivity index (χ4v) is 4.94. The fraction of sp³-hybridized carbons (Fsp3) is 0.600. The number of anilines is 1. The average molecular weight is 330 g/mol. The van der Waals surface area contributed by atoms with Gasteiger partial charge in [0, 0.05) is 35.8 Å². The minimum Gasteiger partial charge on any atom is -0.398 e. The van der Waals surface area contributed by atoms with E-state index < -0.39 is 10.8 Å². The Balaban J connectivity index is 1.77. The van der Waals surface area contributed by atoms with Gasteiger partial charge in [0.1, 0.15) is 0 Å². The van der Waals surface area contributed by atoms with Crippen molar-refractivity contribution < 1.29 is 13.7 Å². The third-order valence-corrected chi connectivity index (χ3v) is 6.39. The van der Waals surface area contributed by atoms with Crippen LogP contribution in [0.15, 0.2) is 23.1 Å². The Morgan fingerprint density at radius 2 is 2.05 bits per heavy atom. The Bertz CT molecular complexity index is 540. The molecular formula is C15H20ClNO3S. The van der Waals surface area contributed by atoms with E-state index in [9.17, 15) is 4.21 Å². The minimum atomic E-state index is -1.12. The van der Waals surface area contributed by atoms with Crippen molar-refractivity contribution in [2.75, 3.05) is 25.6 Å². The number of nitrogens with two attached hydrogens (primary N) is 1. The van der Waals surface area contributed by atoms with E-state index in [1.807, 2.05) is 0 Å². The van der Waals surface area contributed by atoms with E-state index in [2.05, 4.69) is 0 Å². The first-order chi connectivity index (χ1) is 10.1. The third kappa shape index (κ3) is 3.26. The number of halogens is 1. The van der Waals surface area contributed by atoms with Crippen LogP contribution in [0.25, 0.3) is 0 Å². The lowest BCUT2D eigenvalue weighted by atomic mass is 9.86. The lowest BCUT2D eigenvalue weighted by Crippen LogP contribution is -2.47. The highest BCUT2D eigenvalue weighted by Crippen LogP contribution is 2.38. The van der Waals surface area contributed by atoms with Gasteiger partial charge in [-0.15, -0.1) is 0 Å². The maximum absolute atomic E-state index is 12.9.